The van der Waals surface area contributed by atoms with Crippen LogP contribution in [0.4, 0.5) is 0 Å². The van der Waals surface area contributed by atoms with Gasteiger partial charge in [0.05, 0.1) is 11.6 Å². The van der Waals surface area contributed by atoms with Gasteiger partial charge in [0, 0.05) is 29.6 Å². The Kier molecular flexibility index (Phi) is 6.42. The molecule has 2 saturated heterocycles. The number of nitrogens with zero attached hydrogens (tertiary/aromatic N) is 4. The molecule has 4 rings (SSSR count). The van der Waals surface area contributed by atoms with Crippen molar-refractivity contribution in [1.29, 1.82) is 0 Å². The van der Waals surface area contributed by atoms with E-state index in [4.69, 9.17) is 27.7 Å². The second kappa shape index (κ2) is 9.02. The summed E-state index contributed by atoms with van der Waals surface area (Å²) in [5.74, 6) is 2.24. The van der Waals surface area contributed by atoms with Crippen molar-refractivity contribution in [3.05, 3.63) is 34.1 Å². The molecule has 0 spiro atoms. The number of aromatic nitrogens is 2. The lowest BCUT2D eigenvalue weighted by molar-refractivity contribution is -0.138. The first kappa shape index (κ1) is 20.6. The number of carbonyl (C=O) groups is 1. The summed E-state index contributed by atoms with van der Waals surface area (Å²) in [5, 5.41) is 5.12. The lowest BCUT2D eigenvalue weighted by Gasteiger charge is -2.36. The zero-order valence-electron chi connectivity index (χ0n) is 16.6. The maximum absolute atomic E-state index is 12.8. The Morgan fingerprint density at radius 3 is 2.55 bits per heavy atom. The molecule has 8 heteroatoms. The molecular formula is C21H26Cl2N4O2. The Balaban J connectivity index is 1.30. The molecule has 0 unspecified atom stereocenters. The van der Waals surface area contributed by atoms with Crippen LogP contribution in [0.1, 0.15) is 38.5 Å². The smallest absolute Gasteiger partial charge is 0.241 e. The van der Waals surface area contributed by atoms with Gasteiger partial charge in [0.2, 0.25) is 17.6 Å². The van der Waals surface area contributed by atoms with Crippen molar-refractivity contribution >= 4 is 29.1 Å². The molecule has 0 atom stereocenters. The van der Waals surface area contributed by atoms with Gasteiger partial charge in [-0.05, 0) is 62.9 Å². The second-order valence-electron chi connectivity index (χ2n) is 8.19. The SMILES string of the molecule is CC1CCN(C(=O)C2CCN(Cc3nc(-c4ccc(Cl)cc4Cl)no3)CC2)CC1. The predicted octanol–water partition coefficient (Wildman–Crippen LogP) is 4.51. The molecule has 6 nitrogen and oxygen atoms in total. The van der Waals surface area contributed by atoms with Crippen molar-refractivity contribution in [2.24, 2.45) is 11.8 Å². The lowest BCUT2D eigenvalue weighted by Crippen LogP contribution is -2.45. The molecule has 2 aliphatic heterocycles. The number of rotatable bonds is 4. The summed E-state index contributed by atoms with van der Waals surface area (Å²) >= 11 is 12.2. The van der Waals surface area contributed by atoms with Gasteiger partial charge in [-0.1, -0.05) is 35.3 Å². The van der Waals surface area contributed by atoms with Crippen LogP contribution in [-0.4, -0.2) is 52.0 Å². The fourth-order valence-electron chi connectivity index (χ4n) is 4.12. The fraction of sp³-hybridized carbons (Fsp3) is 0.571. The van der Waals surface area contributed by atoms with Crippen molar-refractivity contribution in [3.8, 4) is 11.4 Å². The van der Waals surface area contributed by atoms with Gasteiger partial charge in [-0.2, -0.15) is 4.98 Å². The highest BCUT2D eigenvalue weighted by molar-refractivity contribution is 6.36. The summed E-state index contributed by atoms with van der Waals surface area (Å²) in [6.45, 7) is 6.40. The van der Waals surface area contributed by atoms with E-state index in [0.717, 1.165) is 57.8 Å². The van der Waals surface area contributed by atoms with Gasteiger partial charge in [0.25, 0.3) is 0 Å². The monoisotopic (exact) mass is 436 g/mol. The highest BCUT2D eigenvalue weighted by Gasteiger charge is 2.30. The van der Waals surface area contributed by atoms with E-state index in [2.05, 4.69) is 26.9 Å². The van der Waals surface area contributed by atoms with Crippen LogP contribution in [0.3, 0.4) is 0 Å². The number of hydrogen-bond acceptors (Lipinski definition) is 5. The van der Waals surface area contributed by atoms with E-state index < -0.39 is 0 Å². The molecule has 1 aromatic heterocycles. The van der Waals surface area contributed by atoms with Crippen molar-refractivity contribution in [3.63, 3.8) is 0 Å². The molecule has 29 heavy (non-hydrogen) atoms. The third kappa shape index (κ3) is 4.93. The van der Waals surface area contributed by atoms with E-state index in [9.17, 15) is 4.79 Å². The number of piperidine rings is 2. The summed E-state index contributed by atoms with van der Waals surface area (Å²) in [5.41, 5.74) is 0.700. The van der Waals surface area contributed by atoms with Crippen LogP contribution >= 0.6 is 23.2 Å². The number of hydrogen-bond donors (Lipinski definition) is 0. The van der Waals surface area contributed by atoms with Crippen molar-refractivity contribution in [1.82, 2.24) is 19.9 Å². The van der Waals surface area contributed by atoms with Crippen molar-refractivity contribution in [2.45, 2.75) is 39.2 Å². The van der Waals surface area contributed by atoms with E-state index in [1.54, 1.807) is 18.2 Å². The zero-order chi connectivity index (χ0) is 20.4. The van der Waals surface area contributed by atoms with Crippen LogP contribution in [0.25, 0.3) is 11.4 Å². The minimum atomic E-state index is 0.144. The molecule has 0 saturated carbocycles. The fourth-order valence-corrected chi connectivity index (χ4v) is 4.61. The van der Waals surface area contributed by atoms with Crippen LogP contribution in [-0.2, 0) is 11.3 Å². The Labute approximate surface area is 181 Å². The third-order valence-corrected chi connectivity index (χ3v) is 6.58. The normalized spacial score (nSPS) is 19.6. The third-order valence-electron chi connectivity index (χ3n) is 6.03. The van der Waals surface area contributed by atoms with Crippen LogP contribution < -0.4 is 0 Å². The first-order valence-corrected chi connectivity index (χ1v) is 11.0. The predicted molar refractivity (Wildman–Crippen MR) is 113 cm³/mol. The largest absolute Gasteiger partial charge is 0.342 e. The standard InChI is InChI=1S/C21H26Cl2N4O2/c1-14-4-10-27(11-5-14)21(28)15-6-8-26(9-7-15)13-19-24-20(25-29-19)17-3-2-16(22)12-18(17)23/h2-3,12,14-15H,4-11,13H2,1H3. The lowest BCUT2D eigenvalue weighted by atomic mass is 9.93. The van der Waals surface area contributed by atoms with Gasteiger partial charge in [-0.3, -0.25) is 9.69 Å². The van der Waals surface area contributed by atoms with Gasteiger partial charge < -0.3 is 9.42 Å². The summed E-state index contributed by atoms with van der Waals surface area (Å²) < 4.78 is 5.42. The van der Waals surface area contributed by atoms with Crippen molar-refractivity contribution in [2.75, 3.05) is 26.2 Å². The van der Waals surface area contributed by atoms with E-state index in [-0.39, 0.29) is 5.92 Å². The minimum Gasteiger partial charge on any atom is -0.342 e. The summed E-state index contributed by atoms with van der Waals surface area (Å²) in [7, 11) is 0. The summed E-state index contributed by atoms with van der Waals surface area (Å²) in [6, 6.07) is 5.21. The topological polar surface area (TPSA) is 62.5 Å². The average Bonchev–Trinajstić information content (AvgIpc) is 3.17. The quantitative estimate of drug-likeness (QED) is 0.704. The van der Waals surface area contributed by atoms with E-state index >= 15 is 0 Å². The molecule has 0 N–H and O–H groups in total. The number of amides is 1. The van der Waals surface area contributed by atoms with E-state index in [0.29, 0.717) is 39.8 Å². The van der Waals surface area contributed by atoms with E-state index in [1.807, 2.05) is 0 Å². The van der Waals surface area contributed by atoms with E-state index in [1.165, 1.54) is 0 Å². The molecule has 156 valence electrons. The molecule has 0 radical (unpaired) electrons. The molecule has 2 aliphatic rings. The highest BCUT2D eigenvalue weighted by Crippen LogP contribution is 2.29. The summed E-state index contributed by atoms with van der Waals surface area (Å²) in [4.78, 5) is 21.6. The molecule has 0 aliphatic carbocycles. The summed E-state index contributed by atoms with van der Waals surface area (Å²) in [6.07, 6.45) is 4.02. The minimum absolute atomic E-state index is 0.144. The number of halogens is 2. The second-order valence-corrected chi connectivity index (χ2v) is 9.04. The number of likely N-dealkylation sites (tertiary alicyclic amines) is 2. The highest BCUT2D eigenvalue weighted by atomic mass is 35.5. The van der Waals surface area contributed by atoms with Gasteiger partial charge in [0.1, 0.15) is 0 Å². The zero-order valence-corrected chi connectivity index (χ0v) is 18.1. The Bertz CT molecular complexity index is 856. The number of carbonyl (C=O) groups excluding carboxylic acids is 1. The van der Waals surface area contributed by atoms with Gasteiger partial charge in [-0.15, -0.1) is 0 Å². The molecule has 0 bridgehead atoms. The van der Waals surface area contributed by atoms with Crippen molar-refractivity contribution < 1.29 is 9.32 Å². The van der Waals surface area contributed by atoms with Gasteiger partial charge >= 0.3 is 0 Å². The Morgan fingerprint density at radius 1 is 1.14 bits per heavy atom. The molecule has 1 aromatic carbocycles. The molecular weight excluding hydrogens is 411 g/mol. The molecule has 2 fully saturated rings. The first-order valence-electron chi connectivity index (χ1n) is 10.3. The van der Waals surface area contributed by atoms with Crippen LogP contribution in [0.5, 0.6) is 0 Å². The molecule has 3 heterocycles. The van der Waals surface area contributed by atoms with Gasteiger partial charge in [0.15, 0.2) is 0 Å². The first-order chi connectivity index (χ1) is 14.0. The molecule has 1 amide bonds. The number of benzene rings is 1. The Hall–Kier alpha value is -1.63. The molecule has 2 aromatic rings. The average molecular weight is 437 g/mol. The maximum atomic E-state index is 12.8. The van der Waals surface area contributed by atoms with Crippen LogP contribution in [0.2, 0.25) is 10.0 Å². The Morgan fingerprint density at radius 2 is 1.86 bits per heavy atom. The van der Waals surface area contributed by atoms with Crippen LogP contribution in [0, 0.1) is 11.8 Å². The van der Waals surface area contributed by atoms with Gasteiger partial charge in [-0.25, -0.2) is 0 Å². The maximum Gasteiger partial charge on any atom is 0.241 e. The van der Waals surface area contributed by atoms with Crippen LogP contribution in [0.15, 0.2) is 22.7 Å².